The van der Waals surface area contributed by atoms with E-state index in [9.17, 15) is 4.79 Å². The van der Waals surface area contributed by atoms with E-state index in [4.69, 9.17) is 4.98 Å². The van der Waals surface area contributed by atoms with Crippen molar-refractivity contribution in [2.45, 2.75) is 38.8 Å². The van der Waals surface area contributed by atoms with Crippen molar-refractivity contribution in [1.82, 2.24) is 25.0 Å². The van der Waals surface area contributed by atoms with Crippen molar-refractivity contribution in [3.8, 4) is 11.3 Å². The lowest BCUT2D eigenvalue weighted by molar-refractivity contribution is 0.0705. The molecule has 2 aromatic heterocycles. The highest BCUT2D eigenvalue weighted by atomic mass is 16.2. The highest BCUT2D eigenvalue weighted by Crippen LogP contribution is 2.28. The quantitative estimate of drug-likeness (QED) is 0.756. The predicted octanol–water partition coefficient (Wildman–Crippen LogP) is 3.50. The van der Waals surface area contributed by atoms with Gasteiger partial charge in [0.2, 0.25) is 0 Å². The highest BCUT2D eigenvalue weighted by molar-refractivity contribution is 6.06. The van der Waals surface area contributed by atoms with Gasteiger partial charge in [-0.3, -0.25) is 4.79 Å². The highest BCUT2D eigenvalue weighted by Gasteiger charge is 2.26. The van der Waals surface area contributed by atoms with Crippen LogP contribution in [0.5, 0.6) is 0 Å². The summed E-state index contributed by atoms with van der Waals surface area (Å²) in [6.45, 7) is 6.06. The average Bonchev–Trinajstić information content (AvgIpc) is 3.17. The van der Waals surface area contributed by atoms with Crippen molar-refractivity contribution in [3.63, 3.8) is 0 Å². The van der Waals surface area contributed by atoms with E-state index in [2.05, 4.69) is 24.3 Å². The van der Waals surface area contributed by atoms with Gasteiger partial charge in [-0.1, -0.05) is 30.3 Å². The number of nitrogens with zero attached hydrogens (tertiary/aromatic N) is 4. The molecule has 1 aliphatic rings. The number of hydrogen-bond acceptors (Lipinski definition) is 4. The summed E-state index contributed by atoms with van der Waals surface area (Å²) in [4.78, 5) is 20.2. The Morgan fingerprint density at radius 2 is 1.93 bits per heavy atom. The van der Waals surface area contributed by atoms with Crippen molar-refractivity contribution in [1.29, 1.82) is 0 Å². The molecule has 6 nitrogen and oxygen atoms in total. The fourth-order valence-corrected chi connectivity index (χ4v) is 3.88. The summed E-state index contributed by atoms with van der Waals surface area (Å²) in [6.07, 6.45) is 3.74. The molecule has 1 fully saturated rings. The number of nitrogens with one attached hydrogen (secondary N) is 1. The van der Waals surface area contributed by atoms with Crippen LogP contribution in [0.3, 0.4) is 0 Å². The van der Waals surface area contributed by atoms with E-state index in [-0.39, 0.29) is 18.0 Å². The van der Waals surface area contributed by atoms with Crippen LogP contribution in [0, 0.1) is 0 Å². The number of fused-ring (bicyclic) bond motifs is 1. The lowest BCUT2D eigenvalue weighted by Gasteiger charge is -2.32. The molecule has 0 spiro atoms. The maximum Gasteiger partial charge on any atom is 0.254 e. The van der Waals surface area contributed by atoms with Crippen LogP contribution in [0.4, 0.5) is 0 Å². The monoisotopic (exact) mass is 377 g/mol. The number of carbonyl (C=O) groups excluding carboxylic acids is 1. The Kier molecular flexibility index (Phi) is 5.13. The van der Waals surface area contributed by atoms with Crippen molar-refractivity contribution >= 4 is 16.9 Å². The number of piperidine rings is 1. The molecule has 0 saturated carbocycles. The maximum absolute atomic E-state index is 13.5. The predicted molar refractivity (Wildman–Crippen MR) is 111 cm³/mol. The van der Waals surface area contributed by atoms with Gasteiger partial charge in [-0.25, -0.2) is 9.67 Å². The minimum absolute atomic E-state index is 0.0415. The Bertz CT molecular complexity index is 973. The zero-order valence-corrected chi connectivity index (χ0v) is 16.7. The van der Waals surface area contributed by atoms with Crippen molar-refractivity contribution in [3.05, 3.63) is 48.2 Å². The molecular formula is C22H27N5O. The van der Waals surface area contributed by atoms with Crippen molar-refractivity contribution in [2.24, 2.45) is 0 Å². The van der Waals surface area contributed by atoms with E-state index in [1.165, 1.54) is 0 Å². The van der Waals surface area contributed by atoms with E-state index in [1.807, 2.05) is 53.0 Å². The molecule has 6 heteroatoms. The zero-order valence-electron chi connectivity index (χ0n) is 16.7. The second-order valence-electron chi connectivity index (χ2n) is 7.74. The standard InChI is InChI=1S/C22H27N5O/c1-15(2)27-21-19(14-24-27)18(13-20(25-21)16-7-5-4-6-8-16)22(28)26(3)17-9-11-23-12-10-17/h4-8,13-15,17,23H,9-12H2,1-3H3. The summed E-state index contributed by atoms with van der Waals surface area (Å²) >= 11 is 0. The number of hydrogen-bond donors (Lipinski definition) is 1. The number of benzene rings is 1. The number of rotatable bonds is 4. The Hall–Kier alpha value is -2.73. The van der Waals surface area contributed by atoms with Gasteiger partial charge in [0, 0.05) is 24.7 Å². The van der Waals surface area contributed by atoms with Gasteiger partial charge >= 0.3 is 0 Å². The van der Waals surface area contributed by atoms with E-state index in [0.717, 1.165) is 48.2 Å². The molecule has 1 N–H and O–H groups in total. The molecule has 0 bridgehead atoms. The first-order valence-corrected chi connectivity index (χ1v) is 9.98. The molecule has 1 saturated heterocycles. The van der Waals surface area contributed by atoms with Crippen LogP contribution < -0.4 is 5.32 Å². The SMILES string of the molecule is CC(C)n1ncc2c(C(=O)N(C)C3CCNCC3)cc(-c3ccccc3)nc21. The fraction of sp³-hybridized carbons (Fsp3) is 0.409. The first-order chi connectivity index (χ1) is 13.6. The average molecular weight is 377 g/mol. The summed E-state index contributed by atoms with van der Waals surface area (Å²) < 4.78 is 1.89. The Labute approximate surface area is 165 Å². The summed E-state index contributed by atoms with van der Waals surface area (Å²) in [5.74, 6) is 0.0415. The molecule has 0 aliphatic carbocycles. The third-order valence-corrected chi connectivity index (χ3v) is 5.53. The number of amides is 1. The Morgan fingerprint density at radius 1 is 1.21 bits per heavy atom. The second-order valence-corrected chi connectivity index (χ2v) is 7.74. The summed E-state index contributed by atoms with van der Waals surface area (Å²) in [7, 11) is 1.92. The molecule has 0 atom stereocenters. The molecule has 0 radical (unpaired) electrons. The molecule has 3 heterocycles. The zero-order chi connectivity index (χ0) is 19.7. The Morgan fingerprint density at radius 3 is 2.61 bits per heavy atom. The van der Waals surface area contributed by atoms with Gasteiger partial charge < -0.3 is 10.2 Å². The third kappa shape index (κ3) is 3.40. The molecule has 4 rings (SSSR count). The minimum Gasteiger partial charge on any atom is -0.339 e. The smallest absolute Gasteiger partial charge is 0.254 e. The largest absolute Gasteiger partial charge is 0.339 e. The van der Waals surface area contributed by atoms with Gasteiger partial charge in [0.15, 0.2) is 5.65 Å². The van der Waals surface area contributed by atoms with Gasteiger partial charge in [-0.05, 0) is 45.8 Å². The fourth-order valence-electron chi connectivity index (χ4n) is 3.88. The number of carbonyl (C=O) groups is 1. The minimum atomic E-state index is 0.0415. The summed E-state index contributed by atoms with van der Waals surface area (Å²) in [5, 5.41) is 8.70. The summed E-state index contributed by atoms with van der Waals surface area (Å²) in [6, 6.07) is 12.4. The number of pyridine rings is 1. The van der Waals surface area contributed by atoms with Crippen LogP contribution in [-0.2, 0) is 0 Å². The maximum atomic E-state index is 13.5. The normalized spacial score (nSPS) is 15.3. The third-order valence-electron chi connectivity index (χ3n) is 5.53. The van der Waals surface area contributed by atoms with Gasteiger partial charge in [0.1, 0.15) is 0 Å². The molecule has 28 heavy (non-hydrogen) atoms. The molecule has 1 aromatic carbocycles. The van der Waals surface area contributed by atoms with Crippen molar-refractivity contribution < 1.29 is 4.79 Å². The van der Waals surface area contributed by atoms with Crippen LogP contribution in [0.15, 0.2) is 42.6 Å². The molecule has 146 valence electrons. The molecule has 1 amide bonds. The summed E-state index contributed by atoms with van der Waals surface area (Å²) in [5.41, 5.74) is 3.24. The van der Waals surface area contributed by atoms with Crippen LogP contribution in [0.1, 0.15) is 43.1 Å². The number of aromatic nitrogens is 3. The van der Waals surface area contributed by atoms with E-state index < -0.39 is 0 Å². The van der Waals surface area contributed by atoms with E-state index in [1.54, 1.807) is 6.20 Å². The molecule has 3 aromatic rings. The second kappa shape index (κ2) is 7.72. The van der Waals surface area contributed by atoms with Gasteiger partial charge in [0.05, 0.1) is 22.8 Å². The molecule has 1 aliphatic heterocycles. The Balaban J connectivity index is 1.83. The van der Waals surface area contributed by atoms with Gasteiger partial charge in [-0.15, -0.1) is 0 Å². The van der Waals surface area contributed by atoms with E-state index >= 15 is 0 Å². The first kappa shape index (κ1) is 18.6. The van der Waals surface area contributed by atoms with Crippen LogP contribution in [0.2, 0.25) is 0 Å². The van der Waals surface area contributed by atoms with Gasteiger partial charge in [0.25, 0.3) is 5.91 Å². The topological polar surface area (TPSA) is 63.1 Å². The molecular weight excluding hydrogens is 350 g/mol. The first-order valence-electron chi connectivity index (χ1n) is 9.98. The van der Waals surface area contributed by atoms with Crippen molar-refractivity contribution in [2.75, 3.05) is 20.1 Å². The lowest BCUT2D eigenvalue weighted by Crippen LogP contribution is -2.44. The van der Waals surface area contributed by atoms with E-state index in [0.29, 0.717) is 5.56 Å². The van der Waals surface area contributed by atoms with Gasteiger partial charge in [-0.2, -0.15) is 5.10 Å². The van der Waals surface area contributed by atoms with Crippen LogP contribution in [0.25, 0.3) is 22.3 Å². The molecule has 0 unspecified atom stereocenters. The van der Waals surface area contributed by atoms with Crippen LogP contribution >= 0.6 is 0 Å². The van der Waals surface area contributed by atoms with Crippen LogP contribution in [-0.4, -0.2) is 51.8 Å². The lowest BCUT2D eigenvalue weighted by atomic mass is 10.0.